The number of ether oxygens (including phenoxy) is 1. The zero-order chi connectivity index (χ0) is 7.28. The summed E-state index contributed by atoms with van der Waals surface area (Å²) in [6.45, 7) is 5.00. The monoisotopic (exact) mass is 155 g/mol. The summed E-state index contributed by atoms with van der Waals surface area (Å²) in [6, 6.07) is 0.218. The van der Waals surface area contributed by atoms with Crippen molar-refractivity contribution in [2.45, 2.75) is 26.3 Å². The van der Waals surface area contributed by atoms with Gasteiger partial charge in [0.25, 0.3) is 0 Å². The molecule has 0 aliphatic rings. The Hall–Kier alpha value is 0.920. The van der Waals surface area contributed by atoms with Crippen LogP contribution in [0.2, 0.25) is 0 Å². The summed E-state index contributed by atoms with van der Waals surface area (Å²) < 4.78 is 4.88. The average Bonchev–Trinajstić information content (AvgIpc) is 1.63. The van der Waals surface area contributed by atoms with Crippen LogP contribution in [0, 0.1) is 5.92 Å². The van der Waals surface area contributed by atoms with E-state index in [9.17, 15) is 0 Å². The van der Waals surface area contributed by atoms with E-state index >= 15 is 0 Å². The SMILES string of the molecule is COC[C@@H](N)CC(C)C.[NaH]. The summed E-state index contributed by atoms with van der Waals surface area (Å²) in [5.74, 6) is 0.676. The van der Waals surface area contributed by atoms with Gasteiger partial charge in [-0.3, -0.25) is 0 Å². The Morgan fingerprint density at radius 2 is 1.90 bits per heavy atom. The minimum absolute atomic E-state index is 0. The Morgan fingerprint density at radius 1 is 1.40 bits per heavy atom. The number of nitrogens with two attached hydrogens (primary N) is 1. The van der Waals surface area contributed by atoms with Gasteiger partial charge in [-0.1, -0.05) is 13.8 Å². The molecule has 0 saturated carbocycles. The van der Waals surface area contributed by atoms with E-state index in [1.165, 1.54) is 0 Å². The van der Waals surface area contributed by atoms with Gasteiger partial charge in [-0.05, 0) is 12.3 Å². The molecule has 0 rings (SSSR count). The molecule has 0 aromatic heterocycles. The van der Waals surface area contributed by atoms with E-state index < -0.39 is 0 Å². The van der Waals surface area contributed by atoms with E-state index in [1.807, 2.05) is 0 Å². The Labute approximate surface area is 85.8 Å². The van der Waals surface area contributed by atoms with Crippen molar-refractivity contribution < 1.29 is 4.74 Å². The molecule has 2 nitrogen and oxygen atoms in total. The number of hydrogen-bond acceptors (Lipinski definition) is 2. The van der Waals surface area contributed by atoms with Crippen molar-refractivity contribution >= 4 is 29.6 Å². The second-order valence-corrected chi connectivity index (χ2v) is 2.84. The van der Waals surface area contributed by atoms with Gasteiger partial charge in [-0.15, -0.1) is 0 Å². The number of methoxy groups -OCH3 is 1. The third-order valence-electron chi connectivity index (χ3n) is 1.15. The molecule has 0 heterocycles. The standard InChI is InChI=1S/C7H17NO.Na.H/c1-6(2)4-7(8)5-9-3;;/h6-7H,4-5,8H2,1-3H3;;/t7-;;/m0../s1. The molecule has 0 fully saturated rings. The summed E-state index contributed by atoms with van der Waals surface area (Å²) in [5, 5.41) is 0. The summed E-state index contributed by atoms with van der Waals surface area (Å²) in [4.78, 5) is 0. The predicted octanol–water partition coefficient (Wildman–Crippen LogP) is 0.358. The molecular formula is C7H18NNaO. The number of rotatable bonds is 4. The molecule has 0 saturated heterocycles. The molecule has 0 aromatic carbocycles. The van der Waals surface area contributed by atoms with Crippen molar-refractivity contribution in [1.29, 1.82) is 0 Å². The van der Waals surface area contributed by atoms with Gasteiger partial charge < -0.3 is 10.5 Å². The fourth-order valence-electron chi connectivity index (χ4n) is 0.888. The van der Waals surface area contributed by atoms with Gasteiger partial charge in [-0.25, -0.2) is 0 Å². The van der Waals surface area contributed by atoms with Crippen LogP contribution >= 0.6 is 0 Å². The van der Waals surface area contributed by atoms with Gasteiger partial charge in [-0.2, -0.15) is 0 Å². The van der Waals surface area contributed by atoms with Gasteiger partial charge in [0.1, 0.15) is 0 Å². The maximum atomic E-state index is 5.66. The van der Waals surface area contributed by atoms with Crippen molar-refractivity contribution in [3.05, 3.63) is 0 Å². The van der Waals surface area contributed by atoms with Crippen molar-refractivity contribution in [1.82, 2.24) is 0 Å². The third kappa shape index (κ3) is 8.92. The van der Waals surface area contributed by atoms with Crippen LogP contribution in [0.15, 0.2) is 0 Å². The topological polar surface area (TPSA) is 35.2 Å². The van der Waals surface area contributed by atoms with E-state index in [0.717, 1.165) is 6.42 Å². The normalized spacial score (nSPS) is 12.9. The van der Waals surface area contributed by atoms with E-state index in [0.29, 0.717) is 12.5 Å². The van der Waals surface area contributed by atoms with Crippen molar-refractivity contribution in [2.24, 2.45) is 11.7 Å². The second-order valence-electron chi connectivity index (χ2n) is 2.84. The molecule has 0 aromatic rings. The maximum absolute atomic E-state index is 5.66. The molecular weight excluding hydrogens is 137 g/mol. The van der Waals surface area contributed by atoms with Gasteiger partial charge >= 0.3 is 29.6 Å². The first-order valence-electron chi connectivity index (χ1n) is 3.41. The summed E-state index contributed by atoms with van der Waals surface area (Å²) in [5.41, 5.74) is 5.66. The Kier molecular flexibility index (Phi) is 10.8. The molecule has 10 heavy (non-hydrogen) atoms. The summed E-state index contributed by atoms with van der Waals surface area (Å²) in [6.07, 6.45) is 1.05. The average molecular weight is 155 g/mol. The molecule has 3 heteroatoms. The van der Waals surface area contributed by atoms with Crippen LogP contribution in [0.25, 0.3) is 0 Å². The van der Waals surface area contributed by atoms with E-state index in [4.69, 9.17) is 10.5 Å². The van der Waals surface area contributed by atoms with Crippen molar-refractivity contribution in [3.63, 3.8) is 0 Å². The van der Waals surface area contributed by atoms with Crippen molar-refractivity contribution in [2.75, 3.05) is 13.7 Å². The molecule has 0 aliphatic carbocycles. The summed E-state index contributed by atoms with van der Waals surface area (Å²) >= 11 is 0. The molecule has 0 radical (unpaired) electrons. The van der Waals surface area contributed by atoms with Crippen LogP contribution in [0.4, 0.5) is 0 Å². The zero-order valence-corrected chi connectivity index (χ0v) is 6.55. The first-order chi connectivity index (χ1) is 4.16. The van der Waals surface area contributed by atoms with Crippen LogP contribution in [-0.4, -0.2) is 49.3 Å². The van der Waals surface area contributed by atoms with Crippen LogP contribution < -0.4 is 5.73 Å². The molecule has 2 N–H and O–H groups in total. The van der Waals surface area contributed by atoms with Crippen molar-refractivity contribution in [3.8, 4) is 0 Å². The van der Waals surface area contributed by atoms with Crippen LogP contribution in [0.5, 0.6) is 0 Å². The summed E-state index contributed by atoms with van der Waals surface area (Å²) in [7, 11) is 1.68. The molecule has 0 bridgehead atoms. The van der Waals surface area contributed by atoms with Gasteiger partial charge in [0.2, 0.25) is 0 Å². The third-order valence-corrected chi connectivity index (χ3v) is 1.15. The van der Waals surface area contributed by atoms with Gasteiger partial charge in [0.15, 0.2) is 0 Å². The van der Waals surface area contributed by atoms with E-state index in [-0.39, 0.29) is 35.6 Å². The first kappa shape index (κ1) is 13.5. The number of hydrogen-bond donors (Lipinski definition) is 1. The molecule has 0 unspecified atom stereocenters. The fraction of sp³-hybridized carbons (Fsp3) is 1.00. The molecule has 1 atom stereocenters. The van der Waals surface area contributed by atoms with E-state index in [2.05, 4.69) is 13.8 Å². The molecule has 0 aliphatic heterocycles. The molecule has 0 spiro atoms. The molecule has 58 valence electrons. The Morgan fingerprint density at radius 3 is 2.20 bits per heavy atom. The minimum atomic E-state index is 0. The fourth-order valence-corrected chi connectivity index (χ4v) is 0.888. The quantitative estimate of drug-likeness (QED) is 0.595. The Balaban J connectivity index is 0. The predicted molar refractivity (Wildman–Crippen MR) is 46.5 cm³/mol. The van der Waals surface area contributed by atoms with E-state index in [1.54, 1.807) is 7.11 Å². The first-order valence-corrected chi connectivity index (χ1v) is 3.41. The Bertz CT molecular complexity index is 68.6. The van der Waals surface area contributed by atoms with Gasteiger partial charge in [0, 0.05) is 13.2 Å². The second kappa shape index (κ2) is 8.02. The van der Waals surface area contributed by atoms with Crippen LogP contribution in [0.3, 0.4) is 0 Å². The van der Waals surface area contributed by atoms with Gasteiger partial charge in [0.05, 0.1) is 6.61 Å². The zero-order valence-electron chi connectivity index (χ0n) is 6.55. The van der Waals surface area contributed by atoms with Crippen LogP contribution in [0.1, 0.15) is 20.3 Å². The molecule has 0 amide bonds. The van der Waals surface area contributed by atoms with Crippen LogP contribution in [-0.2, 0) is 4.74 Å².